The van der Waals surface area contributed by atoms with Gasteiger partial charge in [-0.15, -0.1) is 0 Å². The first-order chi connectivity index (χ1) is 10.7. The van der Waals surface area contributed by atoms with E-state index in [9.17, 15) is 14.9 Å². The van der Waals surface area contributed by atoms with E-state index in [1.165, 1.54) is 12.1 Å². The van der Waals surface area contributed by atoms with Crippen LogP contribution in [0.1, 0.15) is 44.0 Å². The van der Waals surface area contributed by atoms with E-state index in [1.807, 2.05) is 4.90 Å². The minimum atomic E-state index is -0.455. The van der Waals surface area contributed by atoms with Crippen molar-refractivity contribution in [2.24, 2.45) is 5.92 Å². The number of amides is 1. The molecule has 6 heteroatoms. The van der Waals surface area contributed by atoms with Crippen molar-refractivity contribution in [3.8, 4) is 0 Å². The molecule has 0 unspecified atom stereocenters. The van der Waals surface area contributed by atoms with Crippen LogP contribution in [0.3, 0.4) is 0 Å². The summed E-state index contributed by atoms with van der Waals surface area (Å²) in [6.07, 6.45) is 2.06. The number of rotatable bonds is 2. The Morgan fingerprint density at radius 1 is 1.30 bits per heavy atom. The van der Waals surface area contributed by atoms with E-state index in [1.54, 1.807) is 12.1 Å². The third-order valence-corrected chi connectivity index (χ3v) is 5.79. The Bertz CT molecular complexity index is 699. The van der Waals surface area contributed by atoms with E-state index in [2.05, 4.69) is 20.8 Å². The third-order valence-electron chi connectivity index (χ3n) is 5.79. The SMILES string of the molecule is CC1(C)O[C@@]2(C)CC[C@@H]1[C@@H]1[C@@H]2N1C(=O)c1ccc([N+](=O)[O-])cc1. The van der Waals surface area contributed by atoms with Gasteiger partial charge in [0.05, 0.1) is 28.2 Å². The molecule has 23 heavy (non-hydrogen) atoms. The average Bonchev–Trinajstić information content (AvgIpc) is 3.22. The van der Waals surface area contributed by atoms with Crippen molar-refractivity contribution in [1.29, 1.82) is 0 Å². The fourth-order valence-electron chi connectivity index (χ4n) is 4.76. The van der Waals surface area contributed by atoms with Crippen molar-refractivity contribution >= 4 is 11.6 Å². The molecule has 2 bridgehead atoms. The Morgan fingerprint density at radius 2 is 1.96 bits per heavy atom. The summed E-state index contributed by atoms with van der Waals surface area (Å²) in [7, 11) is 0. The van der Waals surface area contributed by atoms with Crippen LogP contribution in [0.2, 0.25) is 0 Å². The number of fused-ring (bicyclic) bond motifs is 2. The number of hydrogen-bond acceptors (Lipinski definition) is 4. The number of nitro groups is 1. The van der Waals surface area contributed by atoms with E-state index in [0.29, 0.717) is 11.5 Å². The molecule has 1 amide bonds. The molecule has 6 nitrogen and oxygen atoms in total. The zero-order valence-corrected chi connectivity index (χ0v) is 13.5. The van der Waals surface area contributed by atoms with Gasteiger partial charge < -0.3 is 9.64 Å². The van der Waals surface area contributed by atoms with Crippen molar-refractivity contribution in [3.63, 3.8) is 0 Å². The second kappa shape index (κ2) is 4.32. The lowest BCUT2D eigenvalue weighted by Crippen LogP contribution is -2.58. The predicted molar refractivity (Wildman–Crippen MR) is 83.1 cm³/mol. The summed E-state index contributed by atoms with van der Waals surface area (Å²) in [5.74, 6) is 0.311. The van der Waals surface area contributed by atoms with Crippen LogP contribution < -0.4 is 0 Å². The van der Waals surface area contributed by atoms with Crippen molar-refractivity contribution in [2.75, 3.05) is 0 Å². The summed E-state index contributed by atoms with van der Waals surface area (Å²) in [6, 6.07) is 6.23. The molecular formula is C17H20N2O4. The molecular weight excluding hydrogens is 296 g/mol. The van der Waals surface area contributed by atoms with Gasteiger partial charge in [0.2, 0.25) is 0 Å². The van der Waals surface area contributed by atoms with Crippen LogP contribution in [0.25, 0.3) is 0 Å². The fourth-order valence-corrected chi connectivity index (χ4v) is 4.76. The van der Waals surface area contributed by atoms with Gasteiger partial charge >= 0.3 is 0 Å². The van der Waals surface area contributed by atoms with E-state index in [-0.39, 0.29) is 34.9 Å². The van der Waals surface area contributed by atoms with Crippen LogP contribution in [-0.4, -0.2) is 39.0 Å². The second-order valence-electron chi connectivity index (χ2n) is 7.62. The Labute approximate surface area is 134 Å². The summed E-state index contributed by atoms with van der Waals surface area (Å²) < 4.78 is 6.30. The van der Waals surface area contributed by atoms with Crippen LogP contribution in [-0.2, 0) is 4.74 Å². The maximum atomic E-state index is 12.8. The summed E-state index contributed by atoms with van der Waals surface area (Å²) in [6.45, 7) is 6.32. The molecule has 1 aliphatic carbocycles. The number of likely N-dealkylation sites (tertiary alicyclic amines) is 1. The lowest BCUT2D eigenvalue weighted by Gasteiger charge is -2.51. The summed E-state index contributed by atoms with van der Waals surface area (Å²) >= 11 is 0. The van der Waals surface area contributed by atoms with E-state index >= 15 is 0 Å². The Hall–Kier alpha value is -1.95. The molecule has 4 aliphatic rings. The van der Waals surface area contributed by atoms with E-state index in [0.717, 1.165) is 12.8 Å². The molecule has 0 radical (unpaired) electrons. The highest BCUT2D eigenvalue weighted by molar-refractivity contribution is 5.97. The highest BCUT2D eigenvalue weighted by Crippen LogP contribution is 2.60. The van der Waals surface area contributed by atoms with Gasteiger partial charge in [-0.2, -0.15) is 0 Å². The number of carbonyl (C=O) groups excluding carboxylic acids is 1. The molecule has 5 rings (SSSR count). The van der Waals surface area contributed by atoms with Gasteiger partial charge in [-0.05, 0) is 45.7 Å². The first-order valence-corrected chi connectivity index (χ1v) is 8.02. The van der Waals surface area contributed by atoms with Crippen molar-refractivity contribution in [3.05, 3.63) is 39.9 Å². The number of benzene rings is 1. The second-order valence-corrected chi connectivity index (χ2v) is 7.62. The van der Waals surface area contributed by atoms with Crippen LogP contribution in [0, 0.1) is 16.0 Å². The minimum absolute atomic E-state index is 0.00117. The monoisotopic (exact) mass is 316 g/mol. The topological polar surface area (TPSA) is 72.5 Å². The van der Waals surface area contributed by atoms with Crippen molar-refractivity contribution in [2.45, 2.75) is 56.9 Å². The smallest absolute Gasteiger partial charge is 0.269 e. The molecule has 4 fully saturated rings. The lowest BCUT2D eigenvalue weighted by atomic mass is 9.69. The van der Waals surface area contributed by atoms with E-state index < -0.39 is 4.92 Å². The fraction of sp³-hybridized carbons (Fsp3) is 0.588. The van der Waals surface area contributed by atoms with Crippen LogP contribution in [0.5, 0.6) is 0 Å². The maximum Gasteiger partial charge on any atom is 0.269 e. The highest BCUT2D eigenvalue weighted by atomic mass is 16.6. The Morgan fingerprint density at radius 3 is 2.52 bits per heavy atom. The molecule has 1 saturated carbocycles. The number of nitro benzene ring substituents is 1. The molecule has 3 aliphatic heterocycles. The molecule has 3 saturated heterocycles. The Balaban J connectivity index is 1.61. The first kappa shape index (κ1) is 14.6. The number of ether oxygens (including phenoxy) is 1. The van der Waals surface area contributed by atoms with Crippen LogP contribution in [0.15, 0.2) is 24.3 Å². The standard InChI is InChI=1S/C17H20N2O4/c1-16(2)12-8-9-17(3,23-16)14-13(12)18(14)15(20)10-4-6-11(7-5-10)19(21)22/h4-7,12-14H,8-9H2,1-3H3/t12-,13-,14+,17+,18?/m1/s1. The van der Waals surface area contributed by atoms with Gasteiger partial charge in [0.25, 0.3) is 11.6 Å². The average molecular weight is 316 g/mol. The number of hydrogen-bond donors (Lipinski definition) is 0. The molecule has 0 aromatic heterocycles. The van der Waals surface area contributed by atoms with Gasteiger partial charge in [-0.1, -0.05) is 0 Å². The first-order valence-electron chi connectivity index (χ1n) is 8.02. The summed E-state index contributed by atoms with van der Waals surface area (Å²) in [4.78, 5) is 25.0. The Kier molecular flexibility index (Phi) is 2.75. The summed E-state index contributed by atoms with van der Waals surface area (Å²) in [5, 5.41) is 10.7. The van der Waals surface area contributed by atoms with Gasteiger partial charge in [0.15, 0.2) is 0 Å². The van der Waals surface area contributed by atoms with Gasteiger partial charge in [-0.25, -0.2) is 0 Å². The number of carbonyl (C=O) groups is 1. The zero-order chi connectivity index (χ0) is 16.6. The highest BCUT2D eigenvalue weighted by Gasteiger charge is 2.72. The largest absolute Gasteiger partial charge is 0.367 e. The van der Waals surface area contributed by atoms with Gasteiger partial charge in [0, 0.05) is 23.6 Å². The van der Waals surface area contributed by atoms with Crippen molar-refractivity contribution < 1.29 is 14.5 Å². The number of non-ortho nitro benzene ring substituents is 1. The third kappa shape index (κ3) is 1.94. The zero-order valence-electron chi connectivity index (χ0n) is 13.5. The molecule has 0 spiro atoms. The number of nitrogens with zero attached hydrogens (tertiary/aromatic N) is 2. The summed E-state index contributed by atoms with van der Waals surface area (Å²) in [5.41, 5.74) is 0.0185. The predicted octanol–water partition coefficient (Wildman–Crippen LogP) is 2.77. The molecule has 1 aromatic rings. The van der Waals surface area contributed by atoms with Crippen molar-refractivity contribution in [1.82, 2.24) is 4.90 Å². The minimum Gasteiger partial charge on any atom is -0.367 e. The molecule has 4 atom stereocenters. The maximum absolute atomic E-state index is 12.8. The molecule has 1 aromatic carbocycles. The van der Waals surface area contributed by atoms with Crippen LogP contribution >= 0.6 is 0 Å². The van der Waals surface area contributed by atoms with E-state index in [4.69, 9.17) is 4.74 Å². The molecule has 0 N–H and O–H groups in total. The van der Waals surface area contributed by atoms with Crippen LogP contribution in [0.4, 0.5) is 5.69 Å². The van der Waals surface area contributed by atoms with Gasteiger partial charge in [-0.3, -0.25) is 14.9 Å². The molecule has 122 valence electrons. The quantitative estimate of drug-likeness (QED) is 0.478. The van der Waals surface area contributed by atoms with Gasteiger partial charge in [0.1, 0.15) is 0 Å². The molecule has 3 heterocycles. The normalized spacial score (nSPS) is 36.5. The lowest BCUT2D eigenvalue weighted by molar-refractivity contribution is -0.384.